The average molecular weight is 433 g/mol. The molecule has 0 radical (unpaired) electrons. The van der Waals surface area contributed by atoms with Gasteiger partial charge in [0.1, 0.15) is 11.6 Å². The number of nitrogens with one attached hydrogen (secondary N) is 1. The van der Waals surface area contributed by atoms with E-state index in [1.807, 2.05) is 0 Å². The Labute approximate surface area is 183 Å². The lowest BCUT2D eigenvalue weighted by Crippen LogP contribution is -2.38. The zero-order valence-electron chi connectivity index (χ0n) is 17.9. The maximum Gasteiger partial charge on any atom is 0.220 e. The van der Waals surface area contributed by atoms with Gasteiger partial charge in [-0.25, -0.2) is 9.37 Å². The fourth-order valence-corrected chi connectivity index (χ4v) is 4.53. The molecule has 1 fully saturated rings. The Morgan fingerprint density at radius 3 is 2.63 bits per heavy atom. The molecule has 0 bridgehead atoms. The summed E-state index contributed by atoms with van der Waals surface area (Å²) in [5, 5.41) is 4.08. The first-order valence-corrected chi connectivity index (χ1v) is 12.0. The summed E-state index contributed by atoms with van der Waals surface area (Å²) in [6, 6.07) is 6.50. The largest absolute Gasteiger partial charge is 0.356 e. The van der Waals surface area contributed by atoms with Crippen LogP contribution in [0.5, 0.6) is 0 Å². The van der Waals surface area contributed by atoms with Gasteiger partial charge in [-0.05, 0) is 42.9 Å². The van der Waals surface area contributed by atoms with Crippen LogP contribution in [0.4, 0.5) is 9.52 Å². The van der Waals surface area contributed by atoms with E-state index in [0.29, 0.717) is 18.8 Å². The lowest BCUT2D eigenvalue weighted by atomic mass is 9.97. The van der Waals surface area contributed by atoms with Crippen LogP contribution >= 0.6 is 11.5 Å². The van der Waals surface area contributed by atoms with Gasteiger partial charge in [0.05, 0.1) is 0 Å². The molecule has 5 nitrogen and oxygen atoms in total. The van der Waals surface area contributed by atoms with Crippen LogP contribution in [0, 0.1) is 11.7 Å². The summed E-state index contributed by atoms with van der Waals surface area (Å²) in [6.45, 7) is 4.88. The molecule has 7 heteroatoms. The van der Waals surface area contributed by atoms with E-state index in [4.69, 9.17) is 0 Å². The Balaban J connectivity index is 1.35. The van der Waals surface area contributed by atoms with Crippen molar-refractivity contribution in [2.75, 3.05) is 24.5 Å². The van der Waals surface area contributed by atoms with Gasteiger partial charge in [-0.15, -0.1) is 0 Å². The van der Waals surface area contributed by atoms with Crippen molar-refractivity contribution in [1.82, 2.24) is 14.7 Å². The smallest absolute Gasteiger partial charge is 0.220 e. The van der Waals surface area contributed by atoms with Gasteiger partial charge in [-0.1, -0.05) is 44.7 Å². The minimum atomic E-state index is -0.225. The van der Waals surface area contributed by atoms with E-state index in [1.54, 1.807) is 12.1 Å². The maximum atomic E-state index is 13.0. The molecule has 0 spiro atoms. The van der Waals surface area contributed by atoms with Gasteiger partial charge in [-0.2, -0.15) is 4.37 Å². The molecule has 1 aliphatic rings. The average Bonchev–Trinajstić information content (AvgIpc) is 3.22. The van der Waals surface area contributed by atoms with Crippen molar-refractivity contribution < 1.29 is 9.18 Å². The minimum Gasteiger partial charge on any atom is -0.356 e. The van der Waals surface area contributed by atoms with Gasteiger partial charge in [0.15, 0.2) is 0 Å². The number of carbonyl (C=O) groups is 1. The Morgan fingerprint density at radius 1 is 1.17 bits per heavy atom. The van der Waals surface area contributed by atoms with Crippen LogP contribution in [0.25, 0.3) is 0 Å². The van der Waals surface area contributed by atoms with Crippen LogP contribution in [-0.4, -0.2) is 34.9 Å². The number of aromatic nitrogens is 2. The number of piperidine rings is 1. The number of nitrogens with zero attached hydrogens (tertiary/aromatic N) is 3. The van der Waals surface area contributed by atoms with Crippen molar-refractivity contribution in [1.29, 1.82) is 0 Å². The van der Waals surface area contributed by atoms with Crippen molar-refractivity contribution in [3.63, 3.8) is 0 Å². The monoisotopic (exact) mass is 432 g/mol. The van der Waals surface area contributed by atoms with Crippen molar-refractivity contribution in [3.8, 4) is 0 Å². The molecule has 0 atom stereocenters. The molecule has 0 saturated carbocycles. The summed E-state index contributed by atoms with van der Waals surface area (Å²) in [4.78, 5) is 19.0. The molecule has 1 amide bonds. The highest BCUT2D eigenvalue weighted by atomic mass is 32.1. The van der Waals surface area contributed by atoms with Crippen LogP contribution in [0.3, 0.4) is 0 Å². The first-order valence-electron chi connectivity index (χ1n) is 11.2. The second-order valence-electron chi connectivity index (χ2n) is 8.20. The number of amides is 1. The second kappa shape index (κ2) is 12.0. The number of hydrogen-bond acceptors (Lipinski definition) is 5. The molecule has 1 N–H and O–H groups in total. The molecule has 30 heavy (non-hydrogen) atoms. The topological polar surface area (TPSA) is 58.1 Å². The third kappa shape index (κ3) is 7.35. The Bertz CT molecular complexity index is 772. The van der Waals surface area contributed by atoms with Crippen molar-refractivity contribution in [2.24, 2.45) is 5.92 Å². The lowest BCUT2D eigenvalue weighted by molar-refractivity contribution is -0.121. The predicted molar refractivity (Wildman–Crippen MR) is 120 cm³/mol. The summed E-state index contributed by atoms with van der Waals surface area (Å²) in [6.07, 6.45) is 9.29. The molecule has 1 aliphatic heterocycles. The van der Waals surface area contributed by atoms with Crippen molar-refractivity contribution >= 4 is 22.6 Å². The highest BCUT2D eigenvalue weighted by Crippen LogP contribution is 2.25. The molecule has 2 aromatic rings. The highest BCUT2D eigenvalue weighted by molar-refractivity contribution is 7.09. The molecule has 0 unspecified atom stereocenters. The summed E-state index contributed by atoms with van der Waals surface area (Å²) >= 11 is 1.43. The Morgan fingerprint density at radius 2 is 1.90 bits per heavy atom. The standard InChI is InChI=1S/C23H33FN4OS/c1-2-3-4-5-6-7-22(29)25-17-19-12-14-28(15-13-19)23-26-21(27-30-23)16-18-8-10-20(24)11-9-18/h8-11,19H,2-7,12-17H2,1H3,(H,25,29). The van der Waals surface area contributed by atoms with Gasteiger partial charge in [0.25, 0.3) is 0 Å². The van der Waals surface area contributed by atoms with Gasteiger partial charge in [-0.3, -0.25) is 4.79 Å². The van der Waals surface area contributed by atoms with E-state index < -0.39 is 0 Å². The molecular weight excluding hydrogens is 399 g/mol. The van der Waals surface area contributed by atoms with Crippen LogP contribution in [-0.2, 0) is 11.2 Å². The first-order chi connectivity index (χ1) is 14.6. The Hall–Kier alpha value is -2.02. The number of hydrogen-bond donors (Lipinski definition) is 1. The number of unbranched alkanes of at least 4 members (excludes halogenated alkanes) is 4. The third-order valence-electron chi connectivity index (χ3n) is 5.71. The van der Waals surface area contributed by atoms with Gasteiger partial charge < -0.3 is 10.2 Å². The fraction of sp³-hybridized carbons (Fsp3) is 0.609. The first kappa shape index (κ1) is 22.7. The van der Waals surface area contributed by atoms with E-state index in [-0.39, 0.29) is 11.7 Å². The van der Waals surface area contributed by atoms with Crippen molar-refractivity contribution in [2.45, 2.75) is 64.7 Å². The molecule has 1 aromatic heterocycles. The zero-order valence-corrected chi connectivity index (χ0v) is 18.7. The second-order valence-corrected chi connectivity index (χ2v) is 8.93. The number of rotatable bonds is 11. The van der Waals surface area contributed by atoms with E-state index in [2.05, 4.69) is 26.5 Å². The zero-order chi connectivity index (χ0) is 21.2. The summed E-state index contributed by atoms with van der Waals surface area (Å²) in [7, 11) is 0. The van der Waals surface area contributed by atoms with Gasteiger partial charge in [0.2, 0.25) is 11.0 Å². The van der Waals surface area contributed by atoms with Crippen molar-refractivity contribution in [3.05, 3.63) is 41.5 Å². The van der Waals surface area contributed by atoms with Gasteiger partial charge >= 0.3 is 0 Å². The molecule has 0 aliphatic carbocycles. The third-order valence-corrected chi connectivity index (χ3v) is 6.53. The molecule has 1 saturated heterocycles. The maximum absolute atomic E-state index is 13.0. The summed E-state index contributed by atoms with van der Waals surface area (Å²) in [5.41, 5.74) is 1.01. The molecule has 2 heterocycles. The summed E-state index contributed by atoms with van der Waals surface area (Å²) in [5.74, 6) is 1.30. The molecule has 3 rings (SSSR count). The van der Waals surface area contributed by atoms with Crippen LogP contribution < -0.4 is 10.2 Å². The van der Waals surface area contributed by atoms with E-state index in [9.17, 15) is 9.18 Å². The Kier molecular flexibility index (Phi) is 9.05. The number of anilines is 1. The van der Waals surface area contributed by atoms with E-state index in [0.717, 1.165) is 61.8 Å². The van der Waals surface area contributed by atoms with Crippen LogP contribution in [0.1, 0.15) is 69.7 Å². The van der Waals surface area contributed by atoms with E-state index >= 15 is 0 Å². The molecule has 1 aromatic carbocycles. The van der Waals surface area contributed by atoms with Crippen LogP contribution in [0.15, 0.2) is 24.3 Å². The fourth-order valence-electron chi connectivity index (χ4n) is 3.79. The number of halogens is 1. The lowest BCUT2D eigenvalue weighted by Gasteiger charge is -2.31. The SMILES string of the molecule is CCCCCCCC(=O)NCC1CCN(c2nc(Cc3ccc(F)cc3)ns2)CC1. The normalized spacial score (nSPS) is 14.8. The molecular formula is C23H33FN4OS. The predicted octanol–water partition coefficient (Wildman–Crippen LogP) is 4.96. The van der Waals surface area contributed by atoms with E-state index in [1.165, 1.54) is 42.9 Å². The summed E-state index contributed by atoms with van der Waals surface area (Å²) < 4.78 is 17.5. The highest BCUT2D eigenvalue weighted by Gasteiger charge is 2.22. The van der Waals surface area contributed by atoms with Gasteiger partial charge in [0, 0.05) is 44.0 Å². The quantitative estimate of drug-likeness (QED) is 0.510. The minimum absolute atomic E-state index is 0.198. The number of carbonyl (C=O) groups excluding carboxylic acids is 1. The molecule has 164 valence electrons. The number of benzene rings is 1. The van der Waals surface area contributed by atoms with Crippen LogP contribution in [0.2, 0.25) is 0 Å².